The lowest BCUT2D eigenvalue weighted by molar-refractivity contribution is -0.137. The van der Waals surface area contributed by atoms with E-state index in [4.69, 9.17) is 0 Å². The van der Waals surface area contributed by atoms with Crippen LogP contribution in [0.15, 0.2) is 55.4 Å². The number of likely N-dealkylation sites (tertiary alicyclic amines) is 1. The molecule has 5 heterocycles. The first kappa shape index (κ1) is 25.7. The summed E-state index contributed by atoms with van der Waals surface area (Å²) in [5, 5.41) is 6.86. The Morgan fingerprint density at radius 1 is 1.05 bits per heavy atom. The number of carbonyl (C=O) groups excluding carboxylic acids is 2. The van der Waals surface area contributed by atoms with Crippen LogP contribution in [0, 0.1) is 12.3 Å². The molecule has 1 saturated carbocycles. The molecule has 206 valence electrons. The van der Waals surface area contributed by atoms with Crippen molar-refractivity contribution in [3.8, 4) is 11.1 Å². The first-order chi connectivity index (χ1) is 19.0. The minimum Gasteiger partial charge on any atom is -0.337 e. The third-order valence-electron chi connectivity index (χ3n) is 7.72. The number of urea groups is 1. The number of nitrogens with one attached hydrogen (secondary N) is 1. The molecule has 0 aromatic carbocycles. The Labute approximate surface area is 226 Å². The van der Waals surface area contributed by atoms with Crippen LogP contribution >= 0.6 is 0 Å². The second-order valence-electron chi connectivity index (χ2n) is 10.5. The summed E-state index contributed by atoms with van der Waals surface area (Å²) in [5.41, 5.74) is 1.95. The molecule has 4 aromatic rings. The van der Waals surface area contributed by atoms with E-state index in [1.807, 2.05) is 25.3 Å². The molecule has 6 rings (SSSR count). The van der Waals surface area contributed by atoms with E-state index in [1.54, 1.807) is 35.1 Å². The number of aryl methyl sites for hydroxylation is 1. The van der Waals surface area contributed by atoms with Crippen LogP contribution < -0.4 is 5.32 Å². The van der Waals surface area contributed by atoms with E-state index in [0.717, 1.165) is 17.2 Å². The van der Waals surface area contributed by atoms with Crippen molar-refractivity contribution in [1.82, 2.24) is 34.4 Å². The molecule has 1 spiro atoms. The molecule has 0 radical (unpaired) electrons. The fourth-order valence-corrected chi connectivity index (χ4v) is 5.45. The molecule has 40 heavy (non-hydrogen) atoms. The first-order valence-corrected chi connectivity index (χ1v) is 12.6. The molecular weight excluding hydrogens is 525 g/mol. The second-order valence-corrected chi connectivity index (χ2v) is 10.5. The van der Waals surface area contributed by atoms with Gasteiger partial charge in [0.1, 0.15) is 5.82 Å². The van der Waals surface area contributed by atoms with Crippen molar-refractivity contribution in [2.75, 3.05) is 25.5 Å². The number of halogens is 3. The highest BCUT2D eigenvalue weighted by Gasteiger charge is 2.55. The molecule has 13 heteroatoms. The highest BCUT2D eigenvalue weighted by atomic mass is 19.4. The van der Waals surface area contributed by atoms with Crippen molar-refractivity contribution >= 4 is 23.1 Å². The van der Waals surface area contributed by atoms with E-state index in [2.05, 4.69) is 25.4 Å². The molecular formula is C27H25F3N8O2. The van der Waals surface area contributed by atoms with Gasteiger partial charge in [0, 0.05) is 67.5 Å². The van der Waals surface area contributed by atoms with Crippen LogP contribution in [0.4, 0.5) is 23.7 Å². The number of alkyl halides is 3. The summed E-state index contributed by atoms with van der Waals surface area (Å²) in [7, 11) is 1.62. The van der Waals surface area contributed by atoms with Crippen LogP contribution in [0.2, 0.25) is 0 Å². The van der Waals surface area contributed by atoms with E-state index in [0.29, 0.717) is 49.0 Å². The van der Waals surface area contributed by atoms with Gasteiger partial charge in [-0.1, -0.05) is 6.07 Å². The van der Waals surface area contributed by atoms with E-state index in [-0.39, 0.29) is 23.1 Å². The summed E-state index contributed by atoms with van der Waals surface area (Å²) in [5.74, 6) is 0.586. The van der Waals surface area contributed by atoms with Gasteiger partial charge in [-0.15, -0.1) is 0 Å². The standard InChI is InChI=1S/C27H25F3N8O2/c1-16-32-8-18(9-33-16)17-3-4-23-22(12-34-38(23)13-17)24(39)37-14-26(15-37)6-21(7-26)36(2)25(40)35-20-5-19(10-31-11-20)27(28,29)30/h3-5,8-13,21H,6-7,14-15H2,1-2H3,(H,35,40). The summed E-state index contributed by atoms with van der Waals surface area (Å²) in [6, 6.07) is 4.05. The van der Waals surface area contributed by atoms with Gasteiger partial charge in [-0.3, -0.25) is 9.78 Å². The SMILES string of the molecule is Cc1ncc(-c2ccc3c(C(=O)N4CC5(CC(N(C)C(=O)Nc6cncc(C(F)(F)F)c6)C5)C4)cnn3c2)cn1. The van der Waals surface area contributed by atoms with Gasteiger partial charge in [-0.2, -0.15) is 18.3 Å². The fourth-order valence-electron chi connectivity index (χ4n) is 5.45. The predicted octanol–water partition coefficient (Wildman–Crippen LogP) is 4.28. The minimum absolute atomic E-state index is 0.0196. The van der Waals surface area contributed by atoms with Crippen LogP contribution in [0.25, 0.3) is 16.6 Å². The summed E-state index contributed by atoms with van der Waals surface area (Å²) < 4.78 is 40.5. The summed E-state index contributed by atoms with van der Waals surface area (Å²) in [6.45, 7) is 2.97. The summed E-state index contributed by atoms with van der Waals surface area (Å²) in [6.07, 6.45) is 5.66. The lowest BCUT2D eigenvalue weighted by atomic mass is 9.60. The molecule has 1 N–H and O–H groups in total. The van der Waals surface area contributed by atoms with Crippen molar-refractivity contribution in [3.05, 3.63) is 72.3 Å². The van der Waals surface area contributed by atoms with Gasteiger partial charge < -0.3 is 15.1 Å². The molecule has 2 fully saturated rings. The first-order valence-electron chi connectivity index (χ1n) is 12.6. The number of hydrogen-bond acceptors (Lipinski definition) is 6. The number of nitrogens with zero attached hydrogens (tertiary/aromatic N) is 7. The van der Waals surface area contributed by atoms with Gasteiger partial charge in [-0.05, 0) is 31.9 Å². The summed E-state index contributed by atoms with van der Waals surface area (Å²) in [4.78, 5) is 41.2. The molecule has 4 aromatic heterocycles. The highest BCUT2D eigenvalue weighted by Crippen LogP contribution is 2.50. The average Bonchev–Trinajstić information content (AvgIpc) is 3.30. The van der Waals surface area contributed by atoms with E-state index in [1.165, 1.54) is 11.1 Å². The lowest BCUT2D eigenvalue weighted by Gasteiger charge is -2.60. The Morgan fingerprint density at radius 2 is 1.77 bits per heavy atom. The highest BCUT2D eigenvalue weighted by molar-refractivity contribution is 6.01. The molecule has 3 amide bonds. The molecule has 0 bridgehead atoms. The van der Waals surface area contributed by atoms with Crippen molar-refractivity contribution in [1.29, 1.82) is 0 Å². The number of carbonyl (C=O) groups is 2. The van der Waals surface area contributed by atoms with Gasteiger partial charge in [0.05, 0.1) is 34.7 Å². The molecule has 10 nitrogen and oxygen atoms in total. The van der Waals surface area contributed by atoms with Crippen molar-refractivity contribution in [2.45, 2.75) is 32.0 Å². The third-order valence-corrected chi connectivity index (χ3v) is 7.72. The normalized spacial score (nSPS) is 16.5. The van der Waals surface area contributed by atoms with Gasteiger partial charge in [-0.25, -0.2) is 19.3 Å². The van der Waals surface area contributed by atoms with Crippen LogP contribution in [-0.4, -0.2) is 72.5 Å². The van der Waals surface area contributed by atoms with Crippen molar-refractivity contribution < 1.29 is 22.8 Å². The Balaban J connectivity index is 1.04. The Morgan fingerprint density at radius 3 is 2.48 bits per heavy atom. The number of rotatable bonds is 4. The van der Waals surface area contributed by atoms with Gasteiger partial charge in [0.25, 0.3) is 5.91 Å². The quantitative estimate of drug-likeness (QED) is 0.406. The maximum Gasteiger partial charge on any atom is 0.417 e. The van der Waals surface area contributed by atoms with E-state index >= 15 is 0 Å². The predicted molar refractivity (Wildman–Crippen MR) is 138 cm³/mol. The zero-order valence-corrected chi connectivity index (χ0v) is 21.7. The van der Waals surface area contributed by atoms with Crippen LogP contribution in [-0.2, 0) is 6.18 Å². The lowest BCUT2D eigenvalue weighted by Crippen LogP contribution is -2.67. The monoisotopic (exact) mass is 550 g/mol. The fraction of sp³-hybridized carbons (Fsp3) is 0.333. The Hall–Kier alpha value is -4.55. The van der Waals surface area contributed by atoms with Gasteiger partial charge in [0.15, 0.2) is 0 Å². The molecule has 1 saturated heterocycles. The number of aromatic nitrogens is 5. The zero-order chi connectivity index (χ0) is 28.2. The van der Waals surface area contributed by atoms with Crippen LogP contribution in [0.5, 0.6) is 0 Å². The number of pyridine rings is 2. The molecule has 1 aliphatic heterocycles. The number of fused-ring (bicyclic) bond motifs is 1. The molecule has 1 aliphatic carbocycles. The minimum atomic E-state index is -4.54. The third kappa shape index (κ3) is 4.61. The number of anilines is 1. The smallest absolute Gasteiger partial charge is 0.337 e. The largest absolute Gasteiger partial charge is 0.417 e. The van der Waals surface area contributed by atoms with E-state index in [9.17, 15) is 22.8 Å². The maximum atomic E-state index is 13.2. The Bertz CT molecular complexity index is 1600. The van der Waals surface area contributed by atoms with Crippen molar-refractivity contribution in [2.24, 2.45) is 5.41 Å². The molecule has 2 aliphatic rings. The number of hydrogen-bond donors (Lipinski definition) is 1. The van der Waals surface area contributed by atoms with E-state index < -0.39 is 17.8 Å². The average molecular weight is 551 g/mol. The second kappa shape index (κ2) is 9.28. The van der Waals surface area contributed by atoms with Crippen LogP contribution in [0.1, 0.15) is 34.6 Å². The number of amides is 3. The topological polar surface area (TPSA) is 109 Å². The van der Waals surface area contributed by atoms with Crippen molar-refractivity contribution in [3.63, 3.8) is 0 Å². The zero-order valence-electron chi connectivity index (χ0n) is 21.7. The van der Waals surface area contributed by atoms with Gasteiger partial charge in [0.2, 0.25) is 0 Å². The summed E-state index contributed by atoms with van der Waals surface area (Å²) >= 11 is 0. The van der Waals surface area contributed by atoms with Crippen LogP contribution in [0.3, 0.4) is 0 Å². The molecule has 0 unspecified atom stereocenters. The Kier molecular flexibility index (Phi) is 5.97. The maximum absolute atomic E-state index is 13.2. The molecule has 0 atom stereocenters. The van der Waals surface area contributed by atoms with Gasteiger partial charge >= 0.3 is 12.2 Å².